The Balaban J connectivity index is 4.44. The van der Waals surface area contributed by atoms with Crippen LogP contribution in [0.5, 0.6) is 0 Å². The van der Waals surface area contributed by atoms with Crippen LogP contribution in [0.2, 0.25) is 0 Å². The van der Waals surface area contributed by atoms with Gasteiger partial charge in [0.1, 0.15) is 12.6 Å². The van der Waals surface area contributed by atoms with Gasteiger partial charge in [0, 0.05) is 19.3 Å². The van der Waals surface area contributed by atoms with Crippen molar-refractivity contribution in [2.24, 2.45) is 5.73 Å². The van der Waals surface area contributed by atoms with Crippen LogP contribution in [-0.2, 0) is 42.3 Å². The van der Waals surface area contributed by atoms with E-state index in [-0.39, 0.29) is 19.3 Å². The summed E-state index contributed by atoms with van der Waals surface area (Å²) in [7, 11) is -4.74. The minimum absolute atomic E-state index is 0.0447. The van der Waals surface area contributed by atoms with E-state index >= 15 is 0 Å². The van der Waals surface area contributed by atoms with Crippen LogP contribution in [0, 0.1) is 0 Å². The van der Waals surface area contributed by atoms with Crippen molar-refractivity contribution < 1.29 is 57.4 Å². The summed E-state index contributed by atoms with van der Waals surface area (Å²) in [4.78, 5) is 55.9. The maximum absolute atomic E-state index is 12.4. The van der Waals surface area contributed by atoms with Gasteiger partial charge in [0.05, 0.1) is 13.2 Å². The molecule has 0 bridgehead atoms. The quantitative estimate of drug-likeness (QED) is 0.0354. The molecular formula is C31H58NO12P. The third-order valence-corrected chi connectivity index (χ3v) is 8.09. The molecular weight excluding hydrogens is 609 g/mol. The van der Waals surface area contributed by atoms with Gasteiger partial charge in [-0.25, -0.2) is 4.57 Å². The predicted octanol–water partition coefficient (Wildman–Crippen LogP) is 6.28. The zero-order valence-corrected chi connectivity index (χ0v) is 28.1. The smallest absolute Gasteiger partial charge is 0.472 e. The number of unbranched alkanes of at least 4 members (excludes halogenated alkanes) is 16. The van der Waals surface area contributed by atoms with Gasteiger partial charge in [0.15, 0.2) is 6.10 Å². The third kappa shape index (κ3) is 29.1. The number of phosphoric ester groups is 1. The van der Waals surface area contributed by atoms with Crippen molar-refractivity contribution in [3.8, 4) is 0 Å². The third-order valence-electron chi connectivity index (χ3n) is 7.14. The standard InChI is InChI=1S/C31H58NO12P/c1-2-3-4-5-6-7-8-9-10-11-12-15-18-21-29(35)41-23-26(24-42-45(39,40)43-25-27(32)31(37)38)44-30(36)22-19-16-13-14-17-20-28(33)34/h26-27H,2-25,32H2,1H3,(H,33,34)(H,37,38)(H,39,40)/t26-,27+/m1/s1. The van der Waals surface area contributed by atoms with Gasteiger partial charge in [0.2, 0.25) is 0 Å². The molecule has 0 aliphatic carbocycles. The lowest BCUT2D eigenvalue weighted by Crippen LogP contribution is -2.34. The fraction of sp³-hybridized carbons (Fsp3) is 0.871. The van der Waals surface area contributed by atoms with E-state index in [1.807, 2.05) is 0 Å². The number of carboxylic acids is 2. The first-order valence-corrected chi connectivity index (χ1v) is 18.1. The molecule has 0 heterocycles. The van der Waals surface area contributed by atoms with Crippen LogP contribution in [0.4, 0.5) is 0 Å². The number of carboxylic acid groups (broad SMARTS) is 2. The van der Waals surface area contributed by atoms with Crippen LogP contribution in [0.15, 0.2) is 0 Å². The fourth-order valence-corrected chi connectivity index (χ4v) is 5.22. The molecule has 45 heavy (non-hydrogen) atoms. The van der Waals surface area contributed by atoms with Crippen molar-refractivity contribution in [3.05, 3.63) is 0 Å². The van der Waals surface area contributed by atoms with Crippen LogP contribution in [0.3, 0.4) is 0 Å². The number of hydrogen-bond acceptors (Lipinski definition) is 10. The fourth-order valence-electron chi connectivity index (χ4n) is 4.44. The van der Waals surface area contributed by atoms with Gasteiger partial charge >= 0.3 is 31.7 Å². The van der Waals surface area contributed by atoms with Crippen molar-refractivity contribution in [2.45, 2.75) is 154 Å². The molecule has 0 saturated carbocycles. The van der Waals surface area contributed by atoms with Crippen molar-refractivity contribution in [3.63, 3.8) is 0 Å². The first kappa shape index (κ1) is 43.0. The SMILES string of the molecule is CCCCCCCCCCCCCCCC(=O)OC[C@H](COP(=O)(O)OC[C@H](N)C(=O)O)OC(=O)CCCCCCCC(=O)O. The lowest BCUT2D eigenvalue weighted by molar-refractivity contribution is -0.161. The average Bonchev–Trinajstić information content (AvgIpc) is 2.98. The van der Waals surface area contributed by atoms with E-state index in [2.05, 4.69) is 11.4 Å². The Morgan fingerprint density at radius 2 is 1.04 bits per heavy atom. The van der Waals surface area contributed by atoms with Gasteiger partial charge in [-0.15, -0.1) is 0 Å². The van der Waals surface area contributed by atoms with E-state index in [0.717, 1.165) is 32.1 Å². The van der Waals surface area contributed by atoms with Crippen molar-refractivity contribution in [1.29, 1.82) is 0 Å². The van der Waals surface area contributed by atoms with Gasteiger partial charge in [-0.1, -0.05) is 103 Å². The summed E-state index contributed by atoms with van der Waals surface area (Å²) in [5.74, 6) is -3.39. The van der Waals surface area contributed by atoms with Crippen molar-refractivity contribution in [2.75, 3.05) is 19.8 Å². The summed E-state index contributed by atoms with van der Waals surface area (Å²) >= 11 is 0. The first-order chi connectivity index (χ1) is 21.5. The van der Waals surface area contributed by atoms with E-state index in [4.69, 9.17) is 29.9 Å². The molecule has 3 atom stereocenters. The summed E-state index contributed by atoms with van der Waals surface area (Å²) in [6, 6.07) is -1.54. The number of hydrogen-bond donors (Lipinski definition) is 4. The number of phosphoric acid groups is 1. The van der Waals surface area contributed by atoms with E-state index in [0.29, 0.717) is 25.7 Å². The van der Waals surface area contributed by atoms with Gasteiger partial charge in [-0.2, -0.15) is 0 Å². The zero-order chi connectivity index (χ0) is 33.8. The van der Waals surface area contributed by atoms with Gasteiger partial charge in [-0.3, -0.25) is 28.2 Å². The van der Waals surface area contributed by atoms with Crippen LogP contribution in [0.25, 0.3) is 0 Å². The Kier molecular flexibility index (Phi) is 26.9. The molecule has 14 heteroatoms. The normalized spacial score (nSPS) is 13.9. The Morgan fingerprint density at radius 3 is 1.51 bits per heavy atom. The van der Waals surface area contributed by atoms with Crippen molar-refractivity contribution >= 4 is 31.7 Å². The molecule has 0 amide bonds. The largest absolute Gasteiger partial charge is 0.481 e. The molecule has 0 aromatic carbocycles. The van der Waals surface area contributed by atoms with Crippen LogP contribution >= 0.6 is 7.82 Å². The number of ether oxygens (including phenoxy) is 2. The minimum atomic E-state index is -4.74. The van der Waals surface area contributed by atoms with Crippen LogP contribution in [-0.4, -0.2) is 71.0 Å². The number of aliphatic carboxylic acids is 2. The van der Waals surface area contributed by atoms with Gasteiger partial charge in [0.25, 0.3) is 0 Å². The second-order valence-corrected chi connectivity index (χ2v) is 12.9. The zero-order valence-electron chi connectivity index (χ0n) is 27.2. The number of nitrogens with two attached hydrogens (primary N) is 1. The molecule has 1 unspecified atom stereocenters. The maximum atomic E-state index is 12.4. The van der Waals surface area contributed by atoms with Gasteiger partial charge in [-0.05, 0) is 19.3 Å². The summed E-state index contributed by atoms with van der Waals surface area (Å²) in [5, 5.41) is 17.5. The average molecular weight is 668 g/mol. The molecule has 0 spiro atoms. The van der Waals surface area contributed by atoms with E-state index in [1.54, 1.807) is 0 Å². The molecule has 0 saturated heterocycles. The minimum Gasteiger partial charge on any atom is -0.481 e. The summed E-state index contributed by atoms with van der Waals surface area (Å²) in [6.07, 6.45) is 17.7. The molecule has 0 aliphatic heterocycles. The molecule has 0 radical (unpaired) electrons. The van der Waals surface area contributed by atoms with Gasteiger partial charge < -0.3 is 30.3 Å². The number of rotatable bonds is 32. The second kappa shape index (κ2) is 28.2. The number of carbonyl (C=O) groups is 4. The Labute approximate surface area is 268 Å². The topological polar surface area (TPSA) is 209 Å². The molecule has 5 N–H and O–H groups in total. The highest BCUT2D eigenvalue weighted by Crippen LogP contribution is 2.43. The highest BCUT2D eigenvalue weighted by molar-refractivity contribution is 7.47. The lowest BCUT2D eigenvalue weighted by atomic mass is 10.0. The predicted molar refractivity (Wildman–Crippen MR) is 168 cm³/mol. The molecule has 0 aromatic rings. The summed E-state index contributed by atoms with van der Waals surface area (Å²) < 4.78 is 32.1. The maximum Gasteiger partial charge on any atom is 0.472 e. The molecule has 13 nitrogen and oxygen atoms in total. The van der Waals surface area contributed by atoms with E-state index < -0.39 is 63.7 Å². The molecule has 0 aliphatic rings. The first-order valence-electron chi connectivity index (χ1n) is 16.6. The molecule has 264 valence electrons. The van der Waals surface area contributed by atoms with E-state index in [9.17, 15) is 28.6 Å². The summed E-state index contributed by atoms with van der Waals surface area (Å²) in [5.41, 5.74) is 5.27. The highest BCUT2D eigenvalue weighted by Gasteiger charge is 2.28. The second-order valence-electron chi connectivity index (χ2n) is 11.5. The Bertz CT molecular complexity index is 856. The Hall–Kier alpha value is -2.05. The van der Waals surface area contributed by atoms with Crippen LogP contribution < -0.4 is 5.73 Å². The monoisotopic (exact) mass is 667 g/mol. The lowest BCUT2D eigenvalue weighted by Gasteiger charge is -2.20. The molecule has 0 fully saturated rings. The molecule has 0 aromatic heterocycles. The summed E-state index contributed by atoms with van der Waals surface area (Å²) in [6.45, 7) is 0.407. The van der Waals surface area contributed by atoms with E-state index in [1.165, 1.54) is 57.8 Å². The van der Waals surface area contributed by atoms with Crippen molar-refractivity contribution in [1.82, 2.24) is 0 Å². The van der Waals surface area contributed by atoms with Crippen LogP contribution in [0.1, 0.15) is 142 Å². The Morgan fingerprint density at radius 1 is 0.622 bits per heavy atom. The number of carbonyl (C=O) groups excluding carboxylic acids is 2. The number of esters is 2. The molecule has 0 rings (SSSR count). The highest BCUT2D eigenvalue weighted by atomic mass is 31.2.